The smallest absolute Gasteiger partial charge is 0.251 e. The number of carbonyl (C=O) groups excluding carboxylic acids is 1. The van der Waals surface area contributed by atoms with Crippen molar-refractivity contribution >= 4 is 18.3 Å². The quantitative estimate of drug-likeness (QED) is 0.716. The lowest BCUT2D eigenvalue weighted by atomic mass is 10.00. The second kappa shape index (κ2) is 10.9. The van der Waals surface area contributed by atoms with Gasteiger partial charge in [-0.1, -0.05) is 30.3 Å². The number of methoxy groups -OCH3 is 2. The van der Waals surface area contributed by atoms with Gasteiger partial charge in [-0.05, 0) is 44.0 Å². The van der Waals surface area contributed by atoms with Crippen molar-refractivity contribution in [1.82, 2.24) is 10.6 Å². The minimum absolute atomic E-state index is 0. The third-order valence-corrected chi connectivity index (χ3v) is 4.91. The summed E-state index contributed by atoms with van der Waals surface area (Å²) in [4.78, 5) is 12.8. The Morgan fingerprint density at radius 1 is 1.14 bits per heavy atom. The number of hydrogen-bond donors (Lipinski definition) is 2. The Morgan fingerprint density at radius 2 is 1.79 bits per heavy atom. The van der Waals surface area contributed by atoms with Crippen LogP contribution in [0.25, 0.3) is 0 Å². The molecule has 0 spiro atoms. The molecule has 158 valence electrons. The molecule has 2 aromatic carbocycles. The van der Waals surface area contributed by atoms with Crippen LogP contribution in [0.15, 0.2) is 42.5 Å². The van der Waals surface area contributed by atoms with Gasteiger partial charge in [0.25, 0.3) is 5.91 Å². The van der Waals surface area contributed by atoms with E-state index < -0.39 is 0 Å². The van der Waals surface area contributed by atoms with Gasteiger partial charge in [0.1, 0.15) is 6.61 Å². The molecule has 29 heavy (non-hydrogen) atoms. The second-order valence-corrected chi connectivity index (χ2v) is 7.03. The minimum Gasteiger partial charge on any atom is -0.493 e. The molecule has 2 aromatic rings. The summed E-state index contributed by atoms with van der Waals surface area (Å²) in [5, 5.41) is 6.50. The molecule has 6 nitrogen and oxygen atoms in total. The van der Waals surface area contributed by atoms with E-state index in [1.165, 1.54) is 0 Å². The fourth-order valence-corrected chi connectivity index (χ4v) is 3.41. The first-order valence-electron chi connectivity index (χ1n) is 9.57. The number of hydrogen-bond acceptors (Lipinski definition) is 5. The number of ether oxygens (including phenoxy) is 3. The molecule has 2 unspecified atom stereocenters. The van der Waals surface area contributed by atoms with Crippen molar-refractivity contribution in [1.29, 1.82) is 0 Å². The topological polar surface area (TPSA) is 68.8 Å². The molecule has 1 aliphatic rings. The maximum absolute atomic E-state index is 12.8. The van der Waals surface area contributed by atoms with Crippen molar-refractivity contribution in [2.45, 2.75) is 38.5 Å². The van der Waals surface area contributed by atoms with E-state index in [-0.39, 0.29) is 24.4 Å². The normalized spacial score (nSPS) is 18.3. The molecule has 1 saturated heterocycles. The van der Waals surface area contributed by atoms with Gasteiger partial charge in [0.2, 0.25) is 5.75 Å². The van der Waals surface area contributed by atoms with Crippen LogP contribution >= 0.6 is 12.4 Å². The van der Waals surface area contributed by atoms with Gasteiger partial charge in [0.05, 0.1) is 14.2 Å². The summed E-state index contributed by atoms with van der Waals surface area (Å²) in [6, 6.07) is 13.8. The van der Waals surface area contributed by atoms with E-state index >= 15 is 0 Å². The summed E-state index contributed by atoms with van der Waals surface area (Å²) in [5.74, 6) is 1.30. The number of nitrogens with one attached hydrogen (secondary N) is 2. The van der Waals surface area contributed by atoms with Crippen molar-refractivity contribution in [2.75, 3.05) is 20.8 Å². The number of carbonyl (C=O) groups is 1. The lowest BCUT2D eigenvalue weighted by Crippen LogP contribution is -2.46. The van der Waals surface area contributed by atoms with Crippen LogP contribution in [0.4, 0.5) is 0 Å². The van der Waals surface area contributed by atoms with Crippen molar-refractivity contribution in [3.05, 3.63) is 53.6 Å². The minimum atomic E-state index is -0.134. The molecule has 2 N–H and O–H groups in total. The maximum atomic E-state index is 12.8. The maximum Gasteiger partial charge on any atom is 0.251 e. The summed E-state index contributed by atoms with van der Waals surface area (Å²) in [5.41, 5.74) is 1.53. The van der Waals surface area contributed by atoms with Gasteiger partial charge >= 0.3 is 0 Å². The van der Waals surface area contributed by atoms with Gasteiger partial charge in [0, 0.05) is 17.6 Å². The van der Waals surface area contributed by atoms with E-state index in [0.717, 1.165) is 24.9 Å². The Hall–Kier alpha value is -2.44. The zero-order valence-electron chi connectivity index (χ0n) is 17.1. The van der Waals surface area contributed by atoms with Crippen LogP contribution in [0, 0.1) is 0 Å². The highest BCUT2D eigenvalue weighted by Crippen LogP contribution is 2.39. The predicted molar refractivity (Wildman–Crippen MR) is 116 cm³/mol. The Balaban J connectivity index is 0.00000300. The van der Waals surface area contributed by atoms with Crippen LogP contribution in [0.1, 0.15) is 35.7 Å². The molecule has 1 aliphatic heterocycles. The van der Waals surface area contributed by atoms with Crippen molar-refractivity contribution < 1.29 is 19.0 Å². The fraction of sp³-hybridized carbons (Fsp3) is 0.409. The molecule has 0 saturated carbocycles. The molecular weight excluding hydrogens is 392 g/mol. The Labute approximate surface area is 178 Å². The van der Waals surface area contributed by atoms with Gasteiger partial charge in [-0.25, -0.2) is 0 Å². The molecule has 7 heteroatoms. The Morgan fingerprint density at radius 3 is 2.38 bits per heavy atom. The number of amides is 1. The third-order valence-electron chi connectivity index (χ3n) is 4.91. The molecule has 0 aliphatic carbocycles. The summed E-state index contributed by atoms with van der Waals surface area (Å²) in [7, 11) is 3.11. The molecule has 3 rings (SSSR count). The van der Waals surface area contributed by atoms with Crippen molar-refractivity contribution in [3.8, 4) is 17.2 Å². The summed E-state index contributed by atoms with van der Waals surface area (Å²) >= 11 is 0. The molecule has 0 aromatic heterocycles. The fourth-order valence-electron chi connectivity index (χ4n) is 3.41. The SMILES string of the molecule is COc1cc(C(=O)NC2CCNC(C)C2)cc(OC)c1OCc1ccccc1.Cl. The molecule has 0 bridgehead atoms. The first-order chi connectivity index (χ1) is 13.6. The van der Waals surface area contributed by atoms with E-state index in [1.807, 2.05) is 30.3 Å². The standard InChI is InChI=1S/C22H28N2O4.ClH/c1-15-11-18(9-10-23-15)24-22(25)17-12-19(26-2)21(20(13-17)27-3)28-14-16-7-5-4-6-8-16;/h4-8,12-13,15,18,23H,9-11,14H2,1-3H3,(H,24,25);1H. The average Bonchev–Trinajstić information content (AvgIpc) is 2.72. The largest absolute Gasteiger partial charge is 0.493 e. The zero-order valence-corrected chi connectivity index (χ0v) is 17.9. The number of rotatable bonds is 7. The van der Waals surface area contributed by atoms with Crippen LogP contribution in [-0.4, -0.2) is 38.8 Å². The number of halogens is 1. The predicted octanol–water partition coefficient (Wildman–Crippen LogP) is 3.57. The average molecular weight is 421 g/mol. The molecule has 2 atom stereocenters. The van der Waals surface area contributed by atoms with Crippen LogP contribution in [0.5, 0.6) is 17.2 Å². The summed E-state index contributed by atoms with van der Waals surface area (Å²) in [6.45, 7) is 3.42. The van der Waals surface area contributed by atoms with Crippen LogP contribution in [-0.2, 0) is 6.61 Å². The first-order valence-corrected chi connectivity index (χ1v) is 9.57. The van der Waals surface area contributed by atoms with Crippen LogP contribution in [0.3, 0.4) is 0 Å². The highest BCUT2D eigenvalue weighted by molar-refractivity contribution is 5.95. The van der Waals surface area contributed by atoms with E-state index in [9.17, 15) is 4.79 Å². The number of benzene rings is 2. The molecule has 1 fully saturated rings. The van der Waals surface area contributed by atoms with E-state index in [1.54, 1.807) is 26.4 Å². The molecule has 0 radical (unpaired) electrons. The van der Waals surface area contributed by atoms with E-state index in [0.29, 0.717) is 35.5 Å². The van der Waals surface area contributed by atoms with Gasteiger partial charge < -0.3 is 24.8 Å². The molecule has 1 heterocycles. The second-order valence-electron chi connectivity index (χ2n) is 7.03. The molecular formula is C22H29ClN2O4. The zero-order chi connectivity index (χ0) is 19.9. The lowest BCUT2D eigenvalue weighted by Gasteiger charge is -2.28. The van der Waals surface area contributed by atoms with Crippen LogP contribution in [0.2, 0.25) is 0 Å². The third kappa shape index (κ3) is 6.02. The number of piperidine rings is 1. The highest BCUT2D eigenvalue weighted by Gasteiger charge is 2.23. The van der Waals surface area contributed by atoms with Gasteiger partial charge in [0.15, 0.2) is 11.5 Å². The van der Waals surface area contributed by atoms with Crippen LogP contribution < -0.4 is 24.8 Å². The van der Waals surface area contributed by atoms with Gasteiger partial charge in [-0.3, -0.25) is 4.79 Å². The summed E-state index contributed by atoms with van der Waals surface area (Å²) < 4.78 is 16.9. The first kappa shape index (κ1) is 22.8. The highest BCUT2D eigenvalue weighted by atomic mass is 35.5. The summed E-state index contributed by atoms with van der Waals surface area (Å²) in [6.07, 6.45) is 1.83. The Kier molecular flexibility index (Phi) is 8.61. The Bertz CT molecular complexity index is 776. The monoisotopic (exact) mass is 420 g/mol. The molecule has 1 amide bonds. The van der Waals surface area contributed by atoms with E-state index in [2.05, 4.69) is 17.6 Å². The van der Waals surface area contributed by atoms with Crippen molar-refractivity contribution in [2.24, 2.45) is 0 Å². The van der Waals surface area contributed by atoms with Gasteiger partial charge in [-0.15, -0.1) is 12.4 Å². The van der Waals surface area contributed by atoms with Crippen molar-refractivity contribution in [3.63, 3.8) is 0 Å². The van der Waals surface area contributed by atoms with E-state index in [4.69, 9.17) is 14.2 Å². The lowest BCUT2D eigenvalue weighted by molar-refractivity contribution is 0.0924. The van der Waals surface area contributed by atoms with Gasteiger partial charge in [-0.2, -0.15) is 0 Å².